The van der Waals surface area contributed by atoms with E-state index in [1.54, 1.807) is 4.90 Å². The summed E-state index contributed by atoms with van der Waals surface area (Å²) < 4.78 is 4.78. The maximum atomic E-state index is 12.5. The number of nitrogens with zero attached hydrogens (tertiary/aromatic N) is 3. The summed E-state index contributed by atoms with van der Waals surface area (Å²) in [6.45, 7) is 1.11. The normalized spacial score (nSPS) is 16.4. The molecule has 1 N–H and O–H groups in total. The van der Waals surface area contributed by atoms with E-state index < -0.39 is 16.7 Å². The zero-order valence-electron chi connectivity index (χ0n) is 17.2. The average Bonchev–Trinajstić information content (AvgIpc) is 2.98. The highest BCUT2D eigenvalue weighted by Gasteiger charge is 2.36. The molecule has 0 saturated carbocycles. The molecule has 1 saturated heterocycles. The molecule has 1 aromatic carbocycles. The number of nitro groups is 1. The smallest absolute Gasteiger partial charge is 0.270 e. The van der Waals surface area contributed by atoms with Crippen LogP contribution in [-0.2, 0) is 14.3 Å². The third-order valence-electron chi connectivity index (χ3n) is 5.43. The molecule has 2 aliphatic heterocycles. The summed E-state index contributed by atoms with van der Waals surface area (Å²) in [7, 11) is 1.45. The molecule has 0 aliphatic carbocycles. The SMILES string of the molecule is COCC(=O)NC1CCN(C(=O)CCCN2C(=O)c3ccc([N+](=O)[O-])cc3C2=O)CC1. The van der Waals surface area contributed by atoms with Gasteiger partial charge < -0.3 is 15.0 Å². The van der Waals surface area contributed by atoms with Gasteiger partial charge >= 0.3 is 0 Å². The molecule has 2 heterocycles. The number of hydrogen-bond donors (Lipinski definition) is 1. The van der Waals surface area contributed by atoms with Crippen LogP contribution in [0.4, 0.5) is 5.69 Å². The fourth-order valence-electron chi connectivity index (χ4n) is 3.82. The number of nitro benzene ring substituents is 1. The number of carbonyl (C=O) groups excluding carboxylic acids is 4. The Morgan fingerprint density at radius 3 is 2.52 bits per heavy atom. The second-order valence-electron chi connectivity index (χ2n) is 7.51. The van der Waals surface area contributed by atoms with Crippen LogP contribution < -0.4 is 5.32 Å². The quantitative estimate of drug-likeness (QED) is 0.363. The van der Waals surface area contributed by atoms with Gasteiger partial charge in [0, 0.05) is 51.3 Å². The zero-order valence-corrected chi connectivity index (χ0v) is 17.2. The minimum absolute atomic E-state index is 0.00427. The van der Waals surface area contributed by atoms with Crippen LogP contribution in [0.2, 0.25) is 0 Å². The molecular weight excluding hydrogens is 408 g/mol. The van der Waals surface area contributed by atoms with Crippen molar-refractivity contribution in [1.29, 1.82) is 0 Å². The van der Waals surface area contributed by atoms with Crippen LogP contribution in [0.15, 0.2) is 18.2 Å². The molecule has 3 rings (SSSR count). The number of fused-ring (bicyclic) bond motifs is 1. The Kier molecular flexibility index (Phi) is 6.95. The number of imide groups is 1. The number of nitrogens with one attached hydrogen (secondary N) is 1. The predicted molar refractivity (Wildman–Crippen MR) is 107 cm³/mol. The first-order valence-electron chi connectivity index (χ1n) is 10.0. The van der Waals surface area contributed by atoms with Crippen LogP contribution >= 0.6 is 0 Å². The fraction of sp³-hybridized carbons (Fsp3) is 0.500. The number of rotatable bonds is 8. The molecule has 0 radical (unpaired) electrons. The lowest BCUT2D eigenvalue weighted by Crippen LogP contribution is -2.47. The van der Waals surface area contributed by atoms with Gasteiger partial charge in [0.2, 0.25) is 11.8 Å². The monoisotopic (exact) mass is 432 g/mol. The minimum Gasteiger partial charge on any atom is -0.375 e. The largest absolute Gasteiger partial charge is 0.375 e. The van der Waals surface area contributed by atoms with Crippen LogP contribution in [0.3, 0.4) is 0 Å². The third-order valence-corrected chi connectivity index (χ3v) is 5.43. The molecule has 0 atom stereocenters. The van der Waals surface area contributed by atoms with E-state index in [4.69, 9.17) is 4.74 Å². The number of hydrogen-bond acceptors (Lipinski definition) is 7. The summed E-state index contributed by atoms with van der Waals surface area (Å²) in [5.74, 6) is -1.34. The second-order valence-corrected chi connectivity index (χ2v) is 7.51. The Hall–Kier alpha value is -3.34. The van der Waals surface area contributed by atoms with Crippen molar-refractivity contribution in [3.8, 4) is 0 Å². The average molecular weight is 432 g/mol. The van der Waals surface area contributed by atoms with Gasteiger partial charge in [-0.15, -0.1) is 0 Å². The Morgan fingerprint density at radius 1 is 1.19 bits per heavy atom. The standard InChI is InChI=1S/C20H24N4O7/c1-31-12-17(25)21-13-6-9-22(10-7-13)18(26)3-2-8-23-19(27)15-5-4-14(24(29)30)11-16(15)20(23)28/h4-5,11,13H,2-3,6-10,12H2,1H3,(H,21,25). The van der Waals surface area contributed by atoms with E-state index >= 15 is 0 Å². The number of carbonyl (C=O) groups is 4. The predicted octanol–water partition coefficient (Wildman–Crippen LogP) is 0.725. The number of likely N-dealkylation sites (tertiary alicyclic amines) is 1. The zero-order chi connectivity index (χ0) is 22.5. The maximum Gasteiger partial charge on any atom is 0.270 e. The summed E-state index contributed by atoms with van der Waals surface area (Å²) in [5.41, 5.74) is -0.0959. The van der Waals surface area contributed by atoms with Gasteiger partial charge in [-0.2, -0.15) is 0 Å². The van der Waals surface area contributed by atoms with Crippen molar-refractivity contribution < 1.29 is 28.8 Å². The van der Waals surface area contributed by atoms with Crippen LogP contribution in [0.25, 0.3) is 0 Å². The highest BCUT2D eigenvalue weighted by molar-refractivity contribution is 6.21. The molecule has 31 heavy (non-hydrogen) atoms. The van der Waals surface area contributed by atoms with E-state index in [1.165, 1.54) is 19.2 Å². The van der Waals surface area contributed by atoms with E-state index in [1.807, 2.05) is 0 Å². The van der Waals surface area contributed by atoms with E-state index in [-0.39, 0.29) is 54.2 Å². The number of methoxy groups -OCH3 is 1. The minimum atomic E-state index is -0.619. The fourth-order valence-corrected chi connectivity index (χ4v) is 3.82. The van der Waals surface area contributed by atoms with Crippen LogP contribution in [0.5, 0.6) is 0 Å². The maximum absolute atomic E-state index is 12.5. The number of piperidine rings is 1. The van der Waals surface area contributed by atoms with Crippen molar-refractivity contribution in [3.05, 3.63) is 39.4 Å². The Bertz CT molecular complexity index is 909. The molecule has 1 aromatic rings. The third kappa shape index (κ3) is 5.05. The summed E-state index contributed by atoms with van der Waals surface area (Å²) >= 11 is 0. The molecule has 166 valence electrons. The van der Waals surface area contributed by atoms with Crippen LogP contribution in [-0.4, -0.2) is 77.7 Å². The molecule has 0 aromatic heterocycles. The van der Waals surface area contributed by atoms with Crippen molar-refractivity contribution >= 4 is 29.3 Å². The highest BCUT2D eigenvalue weighted by atomic mass is 16.6. The lowest BCUT2D eigenvalue weighted by molar-refractivity contribution is -0.384. The molecule has 1 fully saturated rings. The topological polar surface area (TPSA) is 139 Å². The first-order chi connectivity index (χ1) is 14.8. The molecular formula is C20H24N4O7. The molecule has 0 spiro atoms. The Labute approximate surface area is 178 Å². The van der Waals surface area contributed by atoms with Crippen LogP contribution in [0, 0.1) is 10.1 Å². The van der Waals surface area contributed by atoms with Gasteiger partial charge in [0.15, 0.2) is 0 Å². The van der Waals surface area contributed by atoms with Gasteiger partial charge in [0.25, 0.3) is 17.5 Å². The van der Waals surface area contributed by atoms with Crippen molar-refractivity contribution in [2.75, 3.05) is 33.4 Å². The van der Waals surface area contributed by atoms with E-state index in [2.05, 4.69) is 5.32 Å². The number of non-ortho nitro benzene ring substituents is 1. The number of amides is 4. The lowest BCUT2D eigenvalue weighted by atomic mass is 10.0. The van der Waals surface area contributed by atoms with Gasteiger partial charge in [-0.05, 0) is 25.3 Å². The van der Waals surface area contributed by atoms with Gasteiger partial charge in [-0.25, -0.2) is 0 Å². The van der Waals surface area contributed by atoms with Crippen molar-refractivity contribution in [2.45, 2.75) is 31.7 Å². The van der Waals surface area contributed by atoms with Crippen molar-refractivity contribution in [2.24, 2.45) is 0 Å². The first-order valence-corrected chi connectivity index (χ1v) is 10.0. The molecule has 0 bridgehead atoms. The Balaban J connectivity index is 1.46. The van der Waals surface area contributed by atoms with Gasteiger partial charge in [0.1, 0.15) is 6.61 Å². The number of benzene rings is 1. The molecule has 11 heteroatoms. The van der Waals surface area contributed by atoms with E-state index in [0.717, 1.165) is 11.0 Å². The number of ether oxygens (including phenoxy) is 1. The van der Waals surface area contributed by atoms with Crippen LogP contribution in [0.1, 0.15) is 46.4 Å². The van der Waals surface area contributed by atoms with E-state index in [9.17, 15) is 29.3 Å². The molecule has 4 amide bonds. The highest BCUT2D eigenvalue weighted by Crippen LogP contribution is 2.27. The second kappa shape index (κ2) is 9.65. The first kappa shape index (κ1) is 22.3. The molecule has 0 unspecified atom stereocenters. The van der Waals surface area contributed by atoms with Crippen molar-refractivity contribution in [1.82, 2.24) is 15.1 Å². The summed E-state index contributed by atoms with van der Waals surface area (Å²) in [6.07, 6.45) is 1.78. The Morgan fingerprint density at radius 2 is 1.87 bits per heavy atom. The van der Waals surface area contributed by atoms with Gasteiger partial charge in [-0.1, -0.05) is 0 Å². The summed E-state index contributed by atoms with van der Waals surface area (Å²) in [6, 6.07) is 3.59. The molecule has 11 nitrogen and oxygen atoms in total. The van der Waals surface area contributed by atoms with Gasteiger partial charge in [-0.3, -0.25) is 34.2 Å². The van der Waals surface area contributed by atoms with E-state index in [0.29, 0.717) is 32.4 Å². The molecule has 2 aliphatic rings. The van der Waals surface area contributed by atoms with Gasteiger partial charge in [0.05, 0.1) is 16.1 Å². The summed E-state index contributed by atoms with van der Waals surface area (Å²) in [4.78, 5) is 62.0. The lowest BCUT2D eigenvalue weighted by Gasteiger charge is -2.32. The van der Waals surface area contributed by atoms with Crippen molar-refractivity contribution in [3.63, 3.8) is 0 Å². The summed E-state index contributed by atoms with van der Waals surface area (Å²) in [5, 5.41) is 13.8.